The molecule has 3 saturated heterocycles. The Morgan fingerprint density at radius 3 is 2.37 bits per heavy atom. The van der Waals surface area contributed by atoms with Crippen LogP contribution in [0.2, 0.25) is 0 Å². The van der Waals surface area contributed by atoms with Crippen molar-refractivity contribution in [2.45, 2.75) is 49.0 Å². The Bertz CT molecular complexity index is 1960. The van der Waals surface area contributed by atoms with Crippen LogP contribution in [0.1, 0.15) is 41.9 Å². The van der Waals surface area contributed by atoms with Gasteiger partial charge in [-0.3, -0.25) is 19.1 Å². The van der Waals surface area contributed by atoms with Crippen molar-refractivity contribution < 1.29 is 36.9 Å². The zero-order chi connectivity index (χ0) is 36.7. The summed E-state index contributed by atoms with van der Waals surface area (Å²) in [6, 6.07) is 20.3. The number of hydrogen-bond donors (Lipinski definition) is 2. The van der Waals surface area contributed by atoms with Crippen LogP contribution in [-0.2, 0) is 27.8 Å². The first-order valence-corrected chi connectivity index (χ1v) is 17.2. The summed E-state index contributed by atoms with van der Waals surface area (Å²) in [5.41, 5.74) is 3.95. The van der Waals surface area contributed by atoms with Gasteiger partial charge in [-0.2, -0.15) is 13.2 Å². The molecule has 10 nitrogen and oxygen atoms in total. The normalized spacial score (nSPS) is 21.7. The van der Waals surface area contributed by atoms with Crippen molar-refractivity contribution in [3.8, 4) is 11.6 Å². The average molecular weight is 722 g/mol. The van der Waals surface area contributed by atoms with Crippen molar-refractivity contribution in [2.24, 2.45) is 5.92 Å². The molecule has 3 aromatic carbocycles. The topological polar surface area (TPSA) is 123 Å². The van der Waals surface area contributed by atoms with E-state index >= 15 is 0 Å². The van der Waals surface area contributed by atoms with E-state index in [1.54, 1.807) is 11.0 Å². The van der Waals surface area contributed by atoms with Crippen molar-refractivity contribution in [1.29, 1.82) is 0 Å². The van der Waals surface area contributed by atoms with Gasteiger partial charge in [0.05, 0.1) is 36.5 Å². The molecule has 4 aromatic rings. The molecule has 274 valence electrons. The molecule has 3 fully saturated rings. The van der Waals surface area contributed by atoms with Gasteiger partial charge in [-0.1, -0.05) is 42.5 Å². The lowest BCUT2D eigenvalue weighted by molar-refractivity contribution is -0.163. The molecule has 0 bridgehead atoms. The van der Waals surface area contributed by atoms with Crippen molar-refractivity contribution >= 4 is 11.6 Å². The lowest BCUT2D eigenvalue weighted by Crippen LogP contribution is -2.63. The SMILES string of the molecule is Nc1c(Oc2ccc(F)cc2)ncn(CC2(O)CCN(C(=O)[C@@H]3CCN(C4(c5cccc(C(F)(F)F)c5)COC4)C[C@H]3c3ccccc3)CC2)c1=O. The minimum atomic E-state index is -4.47. The Balaban J connectivity index is 1.04. The second kappa shape index (κ2) is 14.0. The third-order valence-electron chi connectivity index (χ3n) is 10.7. The number of nitrogens with two attached hydrogens (primary N) is 1. The van der Waals surface area contributed by atoms with Crippen LogP contribution in [0, 0.1) is 11.7 Å². The summed E-state index contributed by atoms with van der Waals surface area (Å²) in [6.07, 6.45) is -2.31. The number of benzene rings is 3. The number of carbonyl (C=O) groups excluding carboxylic acids is 1. The highest BCUT2D eigenvalue weighted by Crippen LogP contribution is 2.44. The van der Waals surface area contributed by atoms with Crippen molar-refractivity contribution in [2.75, 3.05) is 45.1 Å². The van der Waals surface area contributed by atoms with E-state index in [4.69, 9.17) is 15.2 Å². The highest BCUT2D eigenvalue weighted by atomic mass is 19.4. The van der Waals surface area contributed by atoms with Crippen LogP contribution >= 0.6 is 0 Å². The quantitative estimate of drug-likeness (QED) is 0.240. The fourth-order valence-electron chi connectivity index (χ4n) is 7.64. The number of halogens is 4. The molecule has 7 rings (SSSR count). The van der Waals surface area contributed by atoms with E-state index in [0.717, 1.165) is 11.6 Å². The summed E-state index contributed by atoms with van der Waals surface area (Å²) in [6.45, 7) is 1.91. The number of aromatic nitrogens is 2. The molecule has 2 atom stereocenters. The monoisotopic (exact) mass is 721 g/mol. The number of aliphatic hydroxyl groups is 1. The van der Waals surface area contributed by atoms with Gasteiger partial charge in [0, 0.05) is 31.5 Å². The number of carbonyl (C=O) groups is 1. The van der Waals surface area contributed by atoms with Gasteiger partial charge in [-0.15, -0.1) is 0 Å². The van der Waals surface area contributed by atoms with Gasteiger partial charge < -0.3 is 25.2 Å². The molecule has 3 aliphatic heterocycles. The van der Waals surface area contributed by atoms with Gasteiger partial charge in [-0.05, 0) is 73.3 Å². The molecule has 0 unspecified atom stereocenters. The fourth-order valence-corrected chi connectivity index (χ4v) is 7.64. The Kier molecular flexibility index (Phi) is 9.57. The number of anilines is 1. The van der Waals surface area contributed by atoms with Gasteiger partial charge in [0.1, 0.15) is 17.9 Å². The number of nitrogen functional groups attached to an aromatic ring is 1. The van der Waals surface area contributed by atoms with Crippen LogP contribution in [0.4, 0.5) is 23.2 Å². The van der Waals surface area contributed by atoms with E-state index in [2.05, 4.69) is 9.88 Å². The van der Waals surface area contributed by atoms with Crippen molar-refractivity contribution in [3.63, 3.8) is 0 Å². The summed E-state index contributed by atoms with van der Waals surface area (Å²) >= 11 is 0. The Labute approximate surface area is 297 Å². The molecular weight excluding hydrogens is 682 g/mol. The smallest absolute Gasteiger partial charge is 0.416 e. The number of nitrogens with zero attached hydrogens (tertiary/aromatic N) is 4. The van der Waals surface area contributed by atoms with Gasteiger partial charge in [-0.25, -0.2) is 9.37 Å². The summed E-state index contributed by atoms with van der Waals surface area (Å²) in [4.78, 5) is 35.4. The fraction of sp³-hybridized carbons (Fsp3) is 0.395. The Morgan fingerprint density at radius 2 is 1.71 bits per heavy atom. The summed E-state index contributed by atoms with van der Waals surface area (Å²) < 4.78 is 66.6. The number of piperidine rings is 2. The van der Waals surface area contributed by atoms with E-state index in [1.807, 2.05) is 30.3 Å². The zero-order valence-corrected chi connectivity index (χ0v) is 28.3. The summed E-state index contributed by atoms with van der Waals surface area (Å²) in [7, 11) is 0. The standard InChI is InChI=1S/C38H39F4N5O5/c39-28-9-11-29(12-10-28)52-33-32(43)35(49)46(24-44-33)21-36(50)14-17-45(18-15-36)34(48)30-13-16-47(20-31(30)25-5-2-1-3-6-25)37(22-51-23-37)26-7-4-8-27(19-26)38(40,41)42/h1-12,19,24,30-31,50H,13-18,20-23,43H2/t30-,31+/m1/s1. The molecule has 1 amide bonds. The molecule has 1 aromatic heterocycles. The zero-order valence-electron chi connectivity index (χ0n) is 28.3. The predicted molar refractivity (Wildman–Crippen MR) is 183 cm³/mol. The minimum Gasteiger partial charge on any atom is -0.437 e. The molecule has 3 aliphatic rings. The lowest BCUT2D eigenvalue weighted by Gasteiger charge is -2.54. The van der Waals surface area contributed by atoms with Crippen molar-refractivity contribution in [3.05, 3.63) is 118 Å². The maximum absolute atomic E-state index is 14.2. The first-order chi connectivity index (χ1) is 24.8. The third kappa shape index (κ3) is 7.02. The molecule has 52 heavy (non-hydrogen) atoms. The number of rotatable bonds is 8. The molecular formula is C38H39F4N5O5. The van der Waals surface area contributed by atoms with Gasteiger partial charge in [0.25, 0.3) is 5.56 Å². The molecule has 14 heteroatoms. The number of hydrogen-bond acceptors (Lipinski definition) is 8. The van der Waals surface area contributed by atoms with Crippen LogP contribution in [0.15, 0.2) is 90.0 Å². The second-order valence-corrected chi connectivity index (χ2v) is 14.0. The molecule has 0 saturated carbocycles. The van der Waals surface area contributed by atoms with Crippen LogP contribution in [0.3, 0.4) is 0 Å². The number of likely N-dealkylation sites (tertiary alicyclic amines) is 2. The van der Waals surface area contributed by atoms with Gasteiger partial charge >= 0.3 is 6.18 Å². The Morgan fingerprint density at radius 1 is 1.00 bits per heavy atom. The number of amides is 1. The van der Waals surface area contributed by atoms with E-state index < -0.39 is 34.3 Å². The molecule has 0 aliphatic carbocycles. The highest BCUT2D eigenvalue weighted by molar-refractivity contribution is 5.80. The molecule has 4 heterocycles. The maximum atomic E-state index is 14.2. The van der Waals surface area contributed by atoms with Crippen LogP contribution in [0.25, 0.3) is 0 Å². The van der Waals surface area contributed by atoms with E-state index in [1.165, 1.54) is 47.3 Å². The van der Waals surface area contributed by atoms with E-state index in [-0.39, 0.29) is 80.7 Å². The average Bonchev–Trinajstić information content (AvgIpc) is 3.12. The lowest BCUT2D eigenvalue weighted by atomic mass is 9.75. The van der Waals surface area contributed by atoms with Gasteiger partial charge in [0.15, 0.2) is 5.69 Å². The number of ether oxygens (including phenoxy) is 2. The molecule has 3 N–H and O–H groups in total. The van der Waals surface area contributed by atoms with Crippen molar-refractivity contribution in [1.82, 2.24) is 19.4 Å². The molecule has 0 spiro atoms. The predicted octanol–water partition coefficient (Wildman–Crippen LogP) is 5.16. The highest BCUT2D eigenvalue weighted by Gasteiger charge is 2.50. The maximum Gasteiger partial charge on any atom is 0.416 e. The summed E-state index contributed by atoms with van der Waals surface area (Å²) in [5.74, 6) is -0.986. The first-order valence-electron chi connectivity index (χ1n) is 17.2. The Hall–Kier alpha value is -4.79. The summed E-state index contributed by atoms with van der Waals surface area (Å²) in [5, 5.41) is 11.5. The minimum absolute atomic E-state index is 0.0427. The molecule has 0 radical (unpaired) electrons. The van der Waals surface area contributed by atoms with Crippen LogP contribution < -0.4 is 16.0 Å². The van der Waals surface area contributed by atoms with Crippen LogP contribution in [-0.4, -0.2) is 75.4 Å². The third-order valence-corrected chi connectivity index (χ3v) is 10.7. The van der Waals surface area contributed by atoms with E-state index in [9.17, 15) is 32.3 Å². The van der Waals surface area contributed by atoms with E-state index in [0.29, 0.717) is 25.1 Å². The van der Waals surface area contributed by atoms with Gasteiger partial charge in [0.2, 0.25) is 11.8 Å². The number of alkyl halides is 3. The largest absolute Gasteiger partial charge is 0.437 e. The first kappa shape index (κ1) is 35.6. The second-order valence-electron chi connectivity index (χ2n) is 14.0. The van der Waals surface area contributed by atoms with Crippen LogP contribution in [0.5, 0.6) is 11.6 Å².